The van der Waals surface area contributed by atoms with Crippen molar-refractivity contribution in [3.05, 3.63) is 12.7 Å². The van der Waals surface area contributed by atoms with Crippen LogP contribution in [-0.4, -0.2) is 30.4 Å². The smallest absolute Gasteiger partial charge is 0.329 e. The number of methoxy groups -OCH3 is 1. The van der Waals surface area contributed by atoms with Gasteiger partial charge in [-0.2, -0.15) is 0 Å². The van der Waals surface area contributed by atoms with Crippen molar-refractivity contribution >= 4 is 23.3 Å². The van der Waals surface area contributed by atoms with Crippen molar-refractivity contribution in [1.29, 1.82) is 0 Å². The van der Waals surface area contributed by atoms with Gasteiger partial charge >= 0.3 is 5.97 Å². The van der Waals surface area contributed by atoms with E-state index in [1.165, 1.54) is 7.11 Å². The number of hydrogen-bond donors (Lipinski definition) is 0. The van der Waals surface area contributed by atoms with Crippen LogP contribution in [0.25, 0.3) is 0 Å². The van der Waals surface area contributed by atoms with E-state index in [1.807, 2.05) is 0 Å². The molecule has 0 N–H and O–H groups in total. The van der Waals surface area contributed by atoms with Gasteiger partial charge in [-0.15, -0.1) is 0 Å². The number of hydrogen-bond acceptors (Lipinski definition) is 2. The zero-order valence-electron chi connectivity index (χ0n) is 3.60. The maximum absolute atomic E-state index is 9.84. The Morgan fingerprint density at radius 1 is 1.86 bits per heavy atom. The van der Waals surface area contributed by atoms with Gasteiger partial charge in [-0.05, 0) is 0 Å². The average molecular weight is 116 g/mol. The normalized spacial score (nSPS) is 5.86. The quantitative estimate of drug-likeness (QED) is 0.254. The molecule has 0 bridgehead atoms. The highest BCUT2D eigenvalue weighted by atomic mass is 27.0. The summed E-state index contributed by atoms with van der Waals surface area (Å²) in [4.78, 5) is 9.84. The van der Waals surface area contributed by atoms with Crippen molar-refractivity contribution in [3.8, 4) is 0 Å². The van der Waals surface area contributed by atoms with Gasteiger partial charge in [0, 0.05) is 6.08 Å². The maximum Gasteiger partial charge on any atom is 0.329 e. The van der Waals surface area contributed by atoms with Gasteiger partial charge < -0.3 is 4.74 Å². The fraction of sp³-hybridized carbons (Fsp3) is 0.250. The van der Waals surface area contributed by atoms with Crippen molar-refractivity contribution in [2.45, 2.75) is 0 Å². The van der Waals surface area contributed by atoms with E-state index in [9.17, 15) is 4.79 Å². The molecule has 0 aliphatic carbocycles. The first-order chi connectivity index (χ1) is 2.81. The van der Waals surface area contributed by atoms with Crippen LogP contribution in [0, 0.1) is 0 Å². The standard InChI is InChI=1S/C4H6O2.Al.3H/c1-3-4(5)6-2;;;;/h3H,1H2,2H3;;;;. The minimum absolute atomic E-state index is 0. The van der Waals surface area contributed by atoms with Crippen molar-refractivity contribution in [1.82, 2.24) is 0 Å². The lowest BCUT2D eigenvalue weighted by molar-refractivity contribution is -0.134. The van der Waals surface area contributed by atoms with Gasteiger partial charge in [-0.1, -0.05) is 6.58 Å². The van der Waals surface area contributed by atoms with Crippen LogP contribution in [0.2, 0.25) is 0 Å². The highest BCUT2D eigenvalue weighted by Gasteiger charge is 1.81. The molecule has 0 radical (unpaired) electrons. The number of ether oxygens (including phenoxy) is 1. The summed E-state index contributed by atoms with van der Waals surface area (Å²) in [6, 6.07) is 0. The van der Waals surface area contributed by atoms with E-state index in [0.717, 1.165) is 6.08 Å². The molecule has 0 aliphatic heterocycles. The van der Waals surface area contributed by atoms with E-state index in [0.29, 0.717) is 0 Å². The van der Waals surface area contributed by atoms with Gasteiger partial charge in [-0.3, -0.25) is 0 Å². The second-order valence-corrected chi connectivity index (χ2v) is 0.727. The first kappa shape index (κ1) is 9.89. The van der Waals surface area contributed by atoms with E-state index >= 15 is 0 Å². The van der Waals surface area contributed by atoms with Crippen molar-refractivity contribution < 1.29 is 9.53 Å². The molecule has 7 heavy (non-hydrogen) atoms. The van der Waals surface area contributed by atoms with Gasteiger partial charge in [-0.25, -0.2) is 4.79 Å². The monoisotopic (exact) mass is 116 g/mol. The molecule has 0 aromatic heterocycles. The Morgan fingerprint density at radius 2 is 2.29 bits per heavy atom. The molecule has 0 aliphatic rings. The number of carbonyl (C=O) groups excluding carboxylic acids is 1. The molecule has 0 saturated carbocycles. The molecule has 0 atom stereocenters. The molecule has 0 fully saturated rings. The van der Waals surface area contributed by atoms with Crippen LogP contribution in [0.4, 0.5) is 0 Å². The summed E-state index contributed by atoms with van der Waals surface area (Å²) in [5.41, 5.74) is 0. The summed E-state index contributed by atoms with van der Waals surface area (Å²) in [7, 11) is 1.31. The van der Waals surface area contributed by atoms with Gasteiger partial charge in [0.2, 0.25) is 0 Å². The lowest BCUT2D eigenvalue weighted by Crippen LogP contribution is -1.91. The Kier molecular flexibility index (Phi) is 8.11. The highest BCUT2D eigenvalue weighted by Crippen LogP contribution is 1.67. The minimum Gasteiger partial charge on any atom is -0.466 e. The number of rotatable bonds is 1. The predicted octanol–water partition coefficient (Wildman–Crippen LogP) is -0.839. The zero-order chi connectivity index (χ0) is 4.99. The molecule has 0 rings (SSSR count). The third-order valence-corrected chi connectivity index (χ3v) is 0.368. The maximum atomic E-state index is 9.84. The molecular formula is C4H9AlO2. The highest BCUT2D eigenvalue weighted by molar-refractivity contribution is 5.80. The van der Waals surface area contributed by atoms with E-state index < -0.39 is 5.97 Å². The van der Waals surface area contributed by atoms with Crippen LogP contribution in [0.5, 0.6) is 0 Å². The van der Waals surface area contributed by atoms with Gasteiger partial charge in [0.1, 0.15) is 0 Å². The summed E-state index contributed by atoms with van der Waals surface area (Å²) >= 11 is 0. The molecule has 0 aromatic rings. The van der Waals surface area contributed by atoms with Crippen LogP contribution in [0.1, 0.15) is 0 Å². The van der Waals surface area contributed by atoms with Crippen LogP contribution >= 0.6 is 0 Å². The largest absolute Gasteiger partial charge is 0.466 e. The predicted molar refractivity (Wildman–Crippen MR) is 32.2 cm³/mol. The second kappa shape index (κ2) is 5.74. The van der Waals surface area contributed by atoms with E-state index in [1.54, 1.807) is 0 Å². The first-order valence-electron chi connectivity index (χ1n) is 1.51. The van der Waals surface area contributed by atoms with Gasteiger partial charge in [0.15, 0.2) is 17.4 Å². The lowest BCUT2D eigenvalue weighted by Gasteiger charge is -1.83. The summed E-state index contributed by atoms with van der Waals surface area (Å²) in [5.74, 6) is -0.394. The zero-order valence-corrected chi connectivity index (χ0v) is 3.60. The average Bonchev–Trinajstić information content (AvgIpc) is 1.65. The first-order valence-corrected chi connectivity index (χ1v) is 1.51. The summed E-state index contributed by atoms with van der Waals surface area (Å²) < 4.78 is 4.14. The van der Waals surface area contributed by atoms with Crippen molar-refractivity contribution in [2.24, 2.45) is 0 Å². The number of esters is 1. The Morgan fingerprint density at radius 3 is 2.29 bits per heavy atom. The van der Waals surface area contributed by atoms with Crippen molar-refractivity contribution in [2.75, 3.05) is 7.11 Å². The minimum atomic E-state index is -0.394. The third-order valence-electron chi connectivity index (χ3n) is 0.368. The molecule has 2 nitrogen and oxygen atoms in total. The van der Waals surface area contributed by atoms with E-state index in [4.69, 9.17) is 0 Å². The number of carbonyl (C=O) groups is 1. The van der Waals surface area contributed by atoms with Crippen molar-refractivity contribution in [3.63, 3.8) is 0 Å². The van der Waals surface area contributed by atoms with E-state index in [-0.39, 0.29) is 17.4 Å². The molecule has 0 heterocycles. The molecule has 0 amide bonds. The summed E-state index contributed by atoms with van der Waals surface area (Å²) in [5, 5.41) is 0. The molecule has 0 spiro atoms. The summed E-state index contributed by atoms with van der Waals surface area (Å²) in [6.45, 7) is 3.16. The fourth-order valence-electron chi connectivity index (χ4n) is 0.0833. The topological polar surface area (TPSA) is 26.3 Å². The fourth-order valence-corrected chi connectivity index (χ4v) is 0.0833. The Bertz CT molecular complexity index is 70.1. The lowest BCUT2D eigenvalue weighted by atomic mass is 10.7. The molecular weight excluding hydrogens is 107 g/mol. The van der Waals surface area contributed by atoms with Crippen LogP contribution < -0.4 is 0 Å². The van der Waals surface area contributed by atoms with Crippen LogP contribution in [0.3, 0.4) is 0 Å². The molecule has 40 valence electrons. The molecule has 0 saturated heterocycles. The van der Waals surface area contributed by atoms with Gasteiger partial charge in [0.05, 0.1) is 7.11 Å². The second-order valence-electron chi connectivity index (χ2n) is 0.727. The van der Waals surface area contributed by atoms with Gasteiger partial charge in [0.25, 0.3) is 0 Å². The SMILES string of the molecule is C=CC(=O)OC.[AlH3]. The van der Waals surface area contributed by atoms with Crippen LogP contribution in [-0.2, 0) is 9.53 Å². The summed E-state index contributed by atoms with van der Waals surface area (Å²) in [6.07, 6.45) is 1.11. The Labute approximate surface area is 53.3 Å². The Balaban J connectivity index is 0. The third kappa shape index (κ3) is 5.74. The molecule has 0 aromatic carbocycles. The van der Waals surface area contributed by atoms with E-state index in [2.05, 4.69) is 11.3 Å². The molecule has 3 heteroatoms. The van der Waals surface area contributed by atoms with Crippen LogP contribution in [0.15, 0.2) is 12.7 Å². The molecule has 0 unspecified atom stereocenters. The Hall–Kier alpha value is -0.258.